The summed E-state index contributed by atoms with van der Waals surface area (Å²) in [5.74, 6) is 0.849. The Morgan fingerprint density at radius 3 is 1.78 bits per heavy atom. The van der Waals surface area contributed by atoms with Crippen molar-refractivity contribution in [3.8, 4) is 0 Å². The summed E-state index contributed by atoms with van der Waals surface area (Å²) in [4.78, 5) is 0. The lowest BCUT2D eigenvalue weighted by Gasteiger charge is -2.42. The first-order chi connectivity index (χ1) is 10.9. The number of unbranched alkanes of at least 4 members (excludes halogenated alkanes) is 5. The highest BCUT2D eigenvalue weighted by atomic mass is 32.1. The van der Waals surface area contributed by atoms with Crippen molar-refractivity contribution in [2.75, 3.05) is 5.75 Å². The molecule has 23 heavy (non-hydrogen) atoms. The first-order valence-corrected chi connectivity index (χ1v) is 10.5. The van der Waals surface area contributed by atoms with Gasteiger partial charge in [-0.05, 0) is 46.3 Å². The number of hydrogen-bond donors (Lipinski definition) is 1. The molecule has 0 rings (SSSR count). The van der Waals surface area contributed by atoms with Gasteiger partial charge in [-0.3, -0.25) is 0 Å². The third kappa shape index (κ3) is 10.7. The molecule has 0 fully saturated rings. The summed E-state index contributed by atoms with van der Waals surface area (Å²) in [6, 6.07) is 0. The summed E-state index contributed by atoms with van der Waals surface area (Å²) in [7, 11) is 0. The van der Waals surface area contributed by atoms with Crippen LogP contribution in [-0.4, -0.2) is 23.7 Å². The minimum absolute atomic E-state index is 0.181. The van der Waals surface area contributed by atoms with Gasteiger partial charge in [-0.1, -0.05) is 52.4 Å². The molecule has 0 aliphatic heterocycles. The largest absolute Gasteiger partial charge is 0.347 e. The van der Waals surface area contributed by atoms with Gasteiger partial charge in [0.25, 0.3) is 0 Å². The van der Waals surface area contributed by atoms with Gasteiger partial charge < -0.3 is 9.47 Å². The smallest absolute Gasteiger partial charge is 0.171 e. The fraction of sp³-hybridized carbons (Fsp3) is 1.00. The summed E-state index contributed by atoms with van der Waals surface area (Å²) in [6.07, 6.45) is 11.5. The Labute approximate surface area is 151 Å². The average molecular weight is 347 g/mol. The Hall–Kier alpha value is 0.270. The van der Waals surface area contributed by atoms with Gasteiger partial charge in [0, 0.05) is 12.3 Å². The van der Waals surface area contributed by atoms with Crippen LogP contribution < -0.4 is 0 Å². The summed E-state index contributed by atoms with van der Waals surface area (Å²) in [6.45, 7) is 13.0. The molecule has 0 aromatic carbocycles. The zero-order valence-corrected chi connectivity index (χ0v) is 17.5. The molecular weight excluding hydrogens is 304 g/mol. The molecule has 0 N–H and O–H groups in total. The minimum Gasteiger partial charge on any atom is -0.347 e. The molecule has 140 valence electrons. The van der Waals surface area contributed by atoms with Gasteiger partial charge in [-0.25, -0.2) is 0 Å². The second-order valence-corrected chi connectivity index (χ2v) is 7.88. The summed E-state index contributed by atoms with van der Waals surface area (Å²) in [5.41, 5.74) is 0. The number of hydrogen-bond acceptors (Lipinski definition) is 3. The van der Waals surface area contributed by atoms with Crippen LogP contribution in [0.3, 0.4) is 0 Å². The van der Waals surface area contributed by atoms with Gasteiger partial charge >= 0.3 is 0 Å². The monoisotopic (exact) mass is 346 g/mol. The lowest BCUT2D eigenvalue weighted by molar-refractivity contribution is -0.297. The molecule has 0 heterocycles. The van der Waals surface area contributed by atoms with Crippen LogP contribution in [0.1, 0.15) is 99.3 Å². The van der Waals surface area contributed by atoms with E-state index in [1.165, 1.54) is 44.9 Å². The molecule has 0 saturated carbocycles. The molecule has 1 atom stereocenters. The maximum atomic E-state index is 6.35. The molecule has 0 aliphatic rings. The van der Waals surface area contributed by atoms with Gasteiger partial charge in [0.15, 0.2) is 5.79 Å². The quantitative estimate of drug-likeness (QED) is 0.204. The predicted octanol–water partition coefficient (Wildman–Crippen LogP) is 6.63. The highest BCUT2D eigenvalue weighted by Crippen LogP contribution is 2.35. The van der Waals surface area contributed by atoms with Crippen molar-refractivity contribution in [3.05, 3.63) is 0 Å². The van der Waals surface area contributed by atoms with E-state index in [2.05, 4.69) is 54.2 Å². The third-order valence-corrected chi connectivity index (χ3v) is 4.61. The van der Waals surface area contributed by atoms with Crippen LogP contribution in [0.2, 0.25) is 0 Å². The maximum Gasteiger partial charge on any atom is 0.171 e. The number of rotatable bonds is 15. The molecule has 0 bridgehead atoms. The lowest BCUT2D eigenvalue weighted by atomic mass is 9.90. The van der Waals surface area contributed by atoms with Crippen LogP contribution in [0, 0.1) is 5.92 Å². The fourth-order valence-corrected chi connectivity index (χ4v) is 3.36. The molecule has 0 spiro atoms. The number of thiol groups is 1. The van der Waals surface area contributed by atoms with Crippen molar-refractivity contribution in [3.63, 3.8) is 0 Å². The summed E-state index contributed by atoms with van der Waals surface area (Å²) in [5, 5.41) is 0. The van der Waals surface area contributed by atoms with E-state index in [0.717, 1.165) is 18.6 Å². The Bertz CT molecular complexity index is 256. The SMILES string of the molecule is CCCCCCCCC(C)C(CCCS)(OC(C)C)OC(C)C. The molecular formula is C20H42O2S. The standard InChI is InChI=1S/C20H42O2S/c1-7-8-9-10-11-12-14-19(6)20(15-13-16-23,21-17(2)3)22-18(4)5/h17-19,23H,7-16H2,1-6H3. The molecule has 0 aromatic heterocycles. The van der Waals surface area contributed by atoms with E-state index in [0.29, 0.717) is 5.92 Å². The van der Waals surface area contributed by atoms with Crippen molar-refractivity contribution in [2.45, 2.75) is 117 Å². The van der Waals surface area contributed by atoms with E-state index < -0.39 is 5.79 Å². The van der Waals surface area contributed by atoms with Crippen molar-refractivity contribution < 1.29 is 9.47 Å². The normalized spacial score (nSPS) is 14.0. The third-order valence-electron chi connectivity index (χ3n) is 4.30. The minimum atomic E-state index is -0.450. The molecule has 0 aliphatic carbocycles. The van der Waals surface area contributed by atoms with Crippen LogP contribution in [0.5, 0.6) is 0 Å². The highest BCUT2D eigenvalue weighted by molar-refractivity contribution is 7.80. The van der Waals surface area contributed by atoms with E-state index in [-0.39, 0.29) is 12.2 Å². The molecule has 0 amide bonds. The van der Waals surface area contributed by atoms with E-state index in [1.807, 2.05) is 0 Å². The highest BCUT2D eigenvalue weighted by Gasteiger charge is 2.39. The summed E-state index contributed by atoms with van der Waals surface area (Å²) < 4.78 is 12.7. The molecule has 0 saturated heterocycles. The molecule has 3 heteroatoms. The van der Waals surface area contributed by atoms with Crippen LogP contribution in [0.4, 0.5) is 0 Å². The van der Waals surface area contributed by atoms with Crippen LogP contribution in [-0.2, 0) is 9.47 Å². The van der Waals surface area contributed by atoms with E-state index in [9.17, 15) is 0 Å². The Morgan fingerprint density at radius 1 is 0.783 bits per heavy atom. The Kier molecular flexibility index (Phi) is 13.7. The van der Waals surface area contributed by atoms with Crippen LogP contribution in [0.25, 0.3) is 0 Å². The Morgan fingerprint density at radius 2 is 1.30 bits per heavy atom. The van der Waals surface area contributed by atoms with Crippen molar-refractivity contribution in [2.24, 2.45) is 5.92 Å². The zero-order chi connectivity index (χ0) is 17.7. The average Bonchev–Trinajstić information content (AvgIpc) is 2.46. The molecule has 0 aromatic rings. The van der Waals surface area contributed by atoms with Crippen LogP contribution in [0.15, 0.2) is 0 Å². The topological polar surface area (TPSA) is 18.5 Å². The molecule has 1 unspecified atom stereocenters. The van der Waals surface area contributed by atoms with Gasteiger partial charge in [-0.2, -0.15) is 12.6 Å². The van der Waals surface area contributed by atoms with E-state index in [1.54, 1.807) is 0 Å². The van der Waals surface area contributed by atoms with E-state index >= 15 is 0 Å². The van der Waals surface area contributed by atoms with Gasteiger partial charge in [0.2, 0.25) is 0 Å². The first-order valence-electron chi connectivity index (χ1n) is 9.84. The second-order valence-electron chi connectivity index (χ2n) is 7.43. The predicted molar refractivity (Wildman–Crippen MR) is 105 cm³/mol. The van der Waals surface area contributed by atoms with Crippen molar-refractivity contribution in [1.82, 2.24) is 0 Å². The van der Waals surface area contributed by atoms with Crippen molar-refractivity contribution >= 4 is 12.6 Å². The van der Waals surface area contributed by atoms with Crippen LogP contribution >= 0.6 is 12.6 Å². The first kappa shape index (κ1) is 23.3. The Balaban J connectivity index is 4.64. The second kappa shape index (κ2) is 13.5. The lowest BCUT2D eigenvalue weighted by Crippen LogP contribution is -2.46. The van der Waals surface area contributed by atoms with Gasteiger partial charge in [0.05, 0.1) is 12.2 Å². The zero-order valence-electron chi connectivity index (χ0n) is 16.6. The van der Waals surface area contributed by atoms with Crippen molar-refractivity contribution in [1.29, 1.82) is 0 Å². The van der Waals surface area contributed by atoms with Gasteiger partial charge in [0.1, 0.15) is 0 Å². The van der Waals surface area contributed by atoms with Gasteiger partial charge in [-0.15, -0.1) is 0 Å². The maximum absolute atomic E-state index is 6.35. The summed E-state index contributed by atoms with van der Waals surface area (Å²) >= 11 is 4.39. The molecule has 2 nitrogen and oxygen atoms in total. The fourth-order valence-electron chi connectivity index (χ4n) is 3.20. The molecule has 0 radical (unpaired) electrons. The van der Waals surface area contributed by atoms with E-state index in [4.69, 9.17) is 9.47 Å². The number of ether oxygens (including phenoxy) is 2.